The van der Waals surface area contributed by atoms with Crippen molar-refractivity contribution in [1.29, 1.82) is 0 Å². The van der Waals surface area contributed by atoms with Gasteiger partial charge in [0, 0.05) is 39.3 Å². The van der Waals surface area contributed by atoms with E-state index in [1.54, 1.807) is 0 Å². The molecule has 3 rings (SSSR count). The molecule has 2 N–H and O–H groups in total. The van der Waals surface area contributed by atoms with Gasteiger partial charge in [0.05, 0.1) is 15.7 Å². The summed E-state index contributed by atoms with van der Waals surface area (Å²) in [5, 5.41) is 12.2. The molecule has 0 spiro atoms. The fraction of sp³-hybridized carbons (Fsp3) is 0.562. The van der Waals surface area contributed by atoms with Crippen LogP contribution in [-0.2, 0) is 24.8 Å². The lowest BCUT2D eigenvalue weighted by molar-refractivity contribution is -0.142. The van der Waals surface area contributed by atoms with Gasteiger partial charge >= 0.3 is 5.97 Å². The maximum Gasteiger partial charge on any atom is 0.307 e. The van der Waals surface area contributed by atoms with E-state index in [1.165, 1.54) is 28.6 Å². The lowest BCUT2D eigenvalue weighted by Crippen LogP contribution is -2.46. The first kappa shape index (κ1) is 20.2. The number of rotatable bonds is 5. The maximum absolute atomic E-state index is 12.8. The molecule has 1 atom stereocenters. The number of hydrogen-bond acceptors (Lipinski definition) is 6. The first-order valence-corrected chi connectivity index (χ1v) is 11.6. The Morgan fingerprint density at radius 3 is 1.96 bits per heavy atom. The van der Waals surface area contributed by atoms with Crippen molar-refractivity contribution in [2.45, 2.75) is 22.6 Å². The molecule has 2 saturated heterocycles. The van der Waals surface area contributed by atoms with Gasteiger partial charge in [0.15, 0.2) is 0 Å². The van der Waals surface area contributed by atoms with Gasteiger partial charge in [-0.15, -0.1) is 0 Å². The Balaban J connectivity index is 1.81. The summed E-state index contributed by atoms with van der Waals surface area (Å²) >= 11 is 0. The number of carboxylic acids is 1. The van der Waals surface area contributed by atoms with Gasteiger partial charge in [-0.25, -0.2) is 16.8 Å². The summed E-state index contributed by atoms with van der Waals surface area (Å²) in [5.41, 5.74) is 0. The van der Waals surface area contributed by atoms with Crippen molar-refractivity contribution >= 4 is 26.0 Å². The van der Waals surface area contributed by atoms with E-state index >= 15 is 0 Å². The van der Waals surface area contributed by atoms with Gasteiger partial charge < -0.3 is 10.4 Å². The third kappa shape index (κ3) is 4.16. The summed E-state index contributed by atoms with van der Waals surface area (Å²) in [6, 6.07) is 5.13. The van der Waals surface area contributed by atoms with Gasteiger partial charge in [-0.3, -0.25) is 4.79 Å². The SMILES string of the molecule is O=C(O)[C@@H]1CCCN(S(=O)(=O)c2ccc(S(=O)(=O)N3CCNCC3)cc2)C1. The minimum absolute atomic E-state index is 0.0344. The Morgan fingerprint density at radius 1 is 0.926 bits per heavy atom. The quantitative estimate of drug-likeness (QED) is 0.678. The molecule has 150 valence electrons. The van der Waals surface area contributed by atoms with Crippen molar-refractivity contribution in [2.24, 2.45) is 5.92 Å². The number of piperidine rings is 1. The van der Waals surface area contributed by atoms with E-state index < -0.39 is 31.9 Å². The third-order valence-corrected chi connectivity index (χ3v) is 8.70. The van der Waals surface area contributed by atoms with E-state index in [9.17, 15) is 21.6 Å². The lowest BCUT2D eigenvalue weighted by Gasteiger charge is -2.30. The van der Waals surface area contributed by atoms with Crippen molar-refractivity contribution < 1.29 is 26.7 Å². The normalized spacial score (nSPS) is 23.2. The second kappa shape index (κ2) is 7.84. The van der Waals surface area contributed by atoms with Gasteiger partial charge in [-0.2, -0.15) is 8.61 Å². The monoisotopic (exact) mass is 417 g/mol. The molecule has 0 unspecified atom stereocenters. The van der Waals surface area contributed by atoms with Crippen LogP contribution in [0.5, 0.6) is 0 Å². The second-order valence-corrected chi connectivity index (χ2v) is 10.5. The molecule has 1 aromatic carbocycles. The van der Waals surface area contributed by atoms with Crippen LogP contribution >= 0.6 is 0 Å². The molecule has 2 aliphatic heterocycles. The highest BCUT2D eigenvalue weighted by molar-refractivity contribution is 7.89. The molecule has 2 aliphatic rings. The first-order valence-electron chi connectivity index (χ1n) is 8.77. The summed E-state index contributed by atoms with van der Waals surface area (Å²) < 4.78 is 53.4. The topological polar surface area (TPSA) is 124 Å². The number of aliphatic carboxylic acids is 1. The van der Waals surface area contributed by atoms with Crippen molar-refractivity contribution in [3.05, 3.63) is 24.3 Å². The first-order chi connectivity index (χ1) is 12.7. The van der Waals surface area contributed by atoms with Gasteiger partial charge in [0.2, 0.25) is 20.0 Å². The van der Waals surface area contributed by atoms with E-state index in [0.29, 0.717) is 39.0 Å². The summed E-state index contributed by atoms with van der Waals surface area (Å²) in [5.74, 6) is -1.73. The van der Waals surface area contributed by atoms with Crippen LogP contribution < -0.4 is 5.32 Å². The average molecular weight is 418 g/mol. The Labute approximate surface area is 159 Å². The van der Waals surface area contributed by atoms with Crippen LogP contribution in [0.2, 0.25) is 0 Å². The Hall–Kier alpha value is -1.53. The molecule has 2 heterocycles. The standard InChI is InChI=1S/C16H23N3O6S2/c20-16(21)13-2-1-9-19(12-13)27(24,25)15-5-3-14(4-6-15)26(22,23)18-10-7-17-8-11-18/h3-6,13,17H,1-2,7-12H2,(H,20,21)/t13-/m1/s1. The number of hydrogen-bond donors (Lipinski definition) is 2. The Kier molecular flexibility index (Phi) is 5.87. The van der Waals surface area contributed by atoms with Crippen molar-refractivity contribution in [1.82, 2.24) is 13.9 Å². The molecule has 27 heavy (non-hydrogen) atoms. The van der Waals surface area contributed by atoms with Gasteiger partial charge in [-0.05, 0) is 37.1 Å². The molecular weight excluding hydrogens is 394 g/mol. The fourth-order valence-corrected chi connectivity index (χ4v) is 6.29. The lowest BCUT2D eigenvalue weighted by atomic mass is 10.0. The summed E-state index contributed by atoms with van der Waals surface area (Å²) in [4.78, 5) is 11.2. The highest BCUT2D eigenvalue weighted by Gasteiger charge is 2.33. The predicted octanol–water partition coefficient (Wildman–Crippen LogP) is -0.234. The van der Waals surface area contributed by atoms with Crippen LogP contribution in [0.3, 0.4) is 0 Å². The molecule has 0 aliphatic carbocycles. The zero-order valence-electron chi connectivity index (χ0n) is 14.7. The zero-order valence-corrected chi connectivity index (χ0v) is 16.4. The smallest absolute Gasteiger partial charge is 0.307 e. The Bertz CT molecular complexity index is 893. The zero-order chi connectivity index (χ0) is 19.7. The largest absolute Gasteiger partial charge is 0.481 e. The predicted molar refractivity (Wildman–Crippen MR) is 97.2 cm³/mol. The Morgan fingerprint density at radius 2 is 1.44 bits per heavy atom. The number of sulfonamides is 2. The van der Waals surface area contributed by atoms with Crippen LogP contribution in [0.25, 0.3) is 0 Å². The van der Waals surface area contributed by atoms with Crippen LogP contribution in [0.4, 0.5) is 0 Å². The summed E-state index contributed by atoms with van der Waals surface area (Å²) in [6.07, 6.45) is 0.925. The van der Waals surface area contributed by atoms with Crippen LogP contribution in [0, 0.1) is 5.92 Å². The highest BCUT2D eigenvalue weighted by Crippen LogP contribution is 2.25. The summed E-state index contributed by atoms with van der Waals surface area (Å²) in [7, 11) is -7.53. The van der Waals surface area contributed by atoms with E-state index in [2.05, 4.69) is 5.32 Å². The molecule has 1 aromatic rings. The van der Waals surface area contributed by atoms with E-state index in [0.717, 1.165) is 4.31 Å². The summed E-state index contributed by atoms with van der Waals surface area (Å²) in [6.45, 7) is 2.07. The molecule has 0 aromatic heterocycles. The molecule has 0 bridgehead atoms. The molecule has 0 amide bonds. The van der Waals surface area contributed by atoms with E-state index in [-0.39, 0.29) is 22.9 Å². The van der Waals surface area contributed by atoms with Crippen molar-refractivity contribution in [3.63, 3.8) is 0 Å². The van der Waals surface area contributed by atoms with Crippen LogP contribution in [-0.4, -0.2) is 75.8 Å². The molecule has 11 heteroatoms. The van der Waals surface area contributed by atoms with Crippen LogP contribution in [0.15, 0.2) is 34.1 Å². The van der Waals surface area contributed by atoms with Crippen molar-refractivity contribution in [2.75, 3.05) is 39.3 Å². The molecule has 0 saturated carbocycles. The molecule has 0 radical (unpaired) electrons. The molecular formula is C16H23N3O6S2. The number of carboxylic acid groups (broad SMARTS) is 1. The number of benzene rings is 1. The molecule has 2 fully saturated rings. The minimum Gasteiger partial charge on any atom is -0.481 e. The fourth-order valence-electron chi connectivity index (χ4n) is 3.33. The van der Waals surface area contributed by atoms with Crippen LogP contribution in [0.1, 0.15) is 12.8 Å². The highest BCUT2D eigenvalue weighted by atomic mass is 32.2. The third-order valence-electron chi connectivity index (χ3n) is 4.91. The number of nitrogens with zero attached hydrogens (tertiary/aromatic N) is 2. The molecule has 9 nitrogen and oxygen atoms in total. The average Bonchev–Trinajstić information content (AvgIpc) is 2.69. The second-order valence-electron chi connectivity index (χ2n) is 6.67. The van der Waals surface area contributed by atoms with Gasteiger partial charge in [0.25, 0.3) is 0 Å². The van der Waals surface area contributed by atoms with Gasteiger partial charge in [0.1, 0.15) is 0 Å². The number of nitrogens with one attached hydrogen (secondary N) is 1. The maximum atomic E-state index is 12.8. The number of piperazine rings is 1. The van der Waals surface area contributed by atoms with Gasteiger partial charge in [-0.1, -0.05) is 0 Å². The van der Waals surface area contributed by atoms with E-state index in [4.69, 9.17) is 5.11 Å². The number of carbonyl (C=O) groups is 1. The van der Waals surface area contributed by atoms with E-state index in [1.807, 2.05) is 0 Å². The minimum atomic E-state index is -3.86. The van der Waals surface area contributed by atoms with Crippen molar-refractivity contribution in [3.8, 4) is 0 Å².